The number of aliphatic hydroxyl groups is 1. The Bertz CT molecular complexity index is 658. The minimum atomic E-state index is -1.35. The summed E-state index contributed by atoms with van der Waals surface area (Å²) in [6, 6.07) is -5.11. The standard InChI is InChI=1S/C18H32N4O8S/c1-8(2)6-11(18(29)30)21-16(27)12(7-31)22-15(26)10(4-5-13(24)25)20-17(28)14(19)9(3)23/h8-12,14,23,31H,4-7,19H2,1-3H3,(H,20,28)(H,21,27)(H,22,26)(H,24,25)(H,29,30). The Morgan fingerprint density at radius 3 is 1.77 bits per heavy atom. The second kappa shape index (κ2) is 13.8. The molecule has 31 heavy (non-hydrogen) atoms. The van der Waals surface area contributed by atoms with Crippen LogP contribution in [0.25, 0.3) is 0 Å². The van der Waals surface area contributed by atoms with Crippen LogP contribution in [0.2, 0.25) is 0 Å². The first-order valence-electron chi connectivity index (χ1n) is 9.70. The average Bonchev–Trinajstić information content (AvgIpc) is 2.66. The third-order valence-corrected chi connectivity index (χ3v) is 4.60. The van der Waals surface area contributed by atoms with Gasteiger partial charge in [0.1, 0.15) is 24.2 Å². The van der Waals surface area contributed by atoms with Gasteiger partial charge >= 0.3 is 11.9 Å². The fraction of sp³-hybridized carbons (Fsp3) is 0.722. The largest absolute Gasteiger partial charge is 0.481 e. The van der Waals surface area contributed by atoms with Gasteiger partial charge in [-0.05, 0) is 25.7 Å². The topological polar surface area (TPSA) is 208 Å². The molecule has 0 aromatic heterocycles. The fourth-order valence-corrected chi connectivity index (χ4v) is 2.71. The Kier molecular flexibility index (Phi) is 12.8. The number of carbonyl (C=O) groups is 5. The van der Waals surface area contributed by atoms with E-state index in [0.717, 1.165) is 0 Å². The lowest BCUT2D eigenvalue weighted by molar-refractivity contribution is -0.142. The number of carbonyl (C=O) groups excluding carboxylic acids is 3. The van der Waals surface area contributed by atoms with E-state index in [1.165, 1.54) is 6.92 Å². The number of carboxylic acids is 2. The van der Waals surface area contributed by atoms with Crippen molar-refractivity contribution in [2.75, 3.05) is 5.75 Å². The highest BCUT2D eigenvalue weighted by atomic mass is 32.1. The molecule has 0 saturated carbocycles. The summed E-state index contributed by atoms with van der Waals surface area (Å²) in [4.78, 5) is 59.3. The van der Waals surface area contributed by atoms with E-state index in [2.05, 4.69) is 28.6 Å². The van der Waals surface area contributed by atoms with Crippen LogP contribution in [0.15, 0.2) is 0 Å². The zero-order chi connectivity index (χ0) is 24.3. The van der Waals surface area contributed by atoms with Gasteiger partial charge in [0.05, 0.1) is 6.10 Å². The first kappa shape index (κ1) is 28.6. The highest BCUT2D eigenvalue weighted by Crippen LogP contribution is 2.06. The van der Waals surface area contributed by atoms with Gasteiger partial charge in [0.2, 0.25) is 17.7 Å². The number of rotatable bonds is 14. The lowest BCUT2D eigenvalue weighted by atomic mass is 10.0. The van der Waals surface area contributed by atoms with E-state index in [4.69, 9.17) is 10.8 Å². The number of nitrogens with one attached hydrogen (secondary N) is 3. The smallest absolute Gasteiger partial charge is 0.326 e. The molecular weight excluding hydrogens is 432 g/mol. The Morgan fingerprint density at radius 1 is 0.871 bits per heavy atom. The van der Waals surface area contributed by atoms with Crippen molar-refractivity contribution in [3.63, 3.8) is 0 Å². The van der Waals surface area contributed by atoms with Crippen molar-refractivity contribution in [2.24, 2.45) is 11.7 Å². The van der Waals surface area contributed by atoms with Crippen LogP contribution < -0.4 is 21.7 Å². The van der Waals surface area contributed by atoms with Crippen LogP contribution >= 0.6 is 12.6 Å². The molecule has 13 heteroatoms. The molecule has 0 aliphatic carbocycles. The molecule has 178 valence electrons. The summed E-state index contributed by atoms with van der Waals surface area (Å²) < 4.78 is 0. The molecule has 0 rings (SSSR count). The number of hydrogen-bond donors (Lipinski definition) is 8. The summed E-state index contributed by atoms with van der Waals surface area (Å²) >= 11 is 4.00. The Labute approximate surface area is 185 Å². The van der Waals surface area contributed by atoms with Crippen LogP contribution in [0.4, 0.5) is 0 Å². The van der Waals surface area contributed by atoms with Gasteiger partial charge in [-0.15, -0.1) is 0 Å². The SMILES string of the molecule is CC(C)CC(NC(=O)C(CS)NC(=O)C(CCC(=O)O)NC(=O)C(N)C(C)O)C(=O)O. The van der Waals surface area contributed by atoms with Crippen LogP contribution in [0.5, 0.6) is 0 Å². The van der Waals surface area contributed by atoms with Crippen molar-refractivity contribution in [1.29, 1.82) is 0 Å². The summed E-state index contributed by atoms with van der Waals surface area (Å²) in [5.41, 5.74) is 5.52. The van der Waals surface area contributed by atoms with E-state index >= 15 is 0 Å². The average molecular weight is 465 g/mol. The van der Waals surface area contributed by atoms with Gasteiger partial charge in [-0.3, -0.25) is 19.2 Å². The number of amides is 3. The highest BCUT2D eigenvalue weighted by Gasteiger charge is 2.30. The molecule has 3 amide bonds. The van der Waals surface area contributed by atoms with Gasteiger partial charge in [0.25, 0.3) is 0 Å². The van der Waals surface area contributed by atoms with Gasteiger partial charge in [-0.25, -0.2) is 4.79 Å². The Hall–Kier alpha value is -2.38. The van der Waals surface area contributed by atoms with E-state index in [1.54, 1.807) is 13.8 Å². The summed E-state index contributed by atoms with van der Waals surface area (Å²) in [5, 5.41) is 34.5. The number of thiol groups is 1. The lowest BCUT2D eigenvalue weighted by Crippen LogP contribution is -2.58. The zero-order valence-corrected chi connectivity index (χ0v) is 18.6. The number of hydrogen-bond acceptors (Lipinski definition) is 8. The maximum absolute atomic E-state index is 12.6. The van der Waals surface area contributed by atoms with Gasteiger partial charge < -0.3 is 37.0 Å². The molecule has 12 nitrogen and oxygen atoms in total. The first-order valence-corrected chi connectivity index (χ1v) is 10.3. The number of carboxylic acid groups (broad SMARTS) is 2. The molecule has 0 aliphatic rings. The molecule has 0 fully saturated rings. The quantitative estimate of drug-likeness (QED) is 0.134. The van der Waals surface area contributed by atoms with E-state index < -0.39 is 66.4 Å². The van der Waals surface area contributed by atoms with Gasteiger partial charge in [0.15, 0.2) is 0 Å². The molecule has 8 N–H and O–H groups in total. The van der Waals surface area contributed by atoms with Crippen molar-refractivity contribution in [1.82, 2.24) is 16.0 Å². The summed E-state index contributed by atoms with van der Waals surface area (Å²) in [6.45, 7) is 4.84. The van der Waals surface area contributed by atoms with Crippen LogP contribution in [-0.2, 0) is 24.0 Å². The molecule has 0 saturated heterocycles. The first-order chi connectivity index (χ1) is 14.3. The minimum absolute atomic E-state index is 0.0146. The van der Waals surface area contributed by atoms with Gasteiger partial charge in [-0.1, -0.05) is 13.8 Å². The number of aliphatic carboxylic acids is 2. The molecular formula is C18H32N4O8S. The summed E-state index contributed by atoms with van der Waals surface area (Å²) in [7, 11) is 0. The maximum atomic E-state index is 12.6. The van der Waals surface area contributed by atoms with E-state index in [9.17, 15) is 34.2 Å². The molecule has 5 atom stereocenters. The predicted octanol–water partition coefficient (Wildman–Crippen LogP) is -1.93. The fourth-order valence-electron chi connectivity index (χ4n) is 2.46. The molecule has 0 heterocycles. The van der Waals surface area contributed by atoms with E-state index in [1.807, 2.05) is 0 Å². The van der Waals surface area contributed by atoms with Crippen molar-refractivity contribution in [2.45, 2.75) is 70.3 Å². The molecule has 0 aromatic rings. The van der Waals surface area contributed by atoms with Crippen molar-refractivity contribution in [3.8, 4) is 0 Å². The molecule has 0 bridgehead atoms. The Morgan fingerprint density at radius 2 is 1.35 bits per heavy atom. The van der Waals surface area contributed by atoms with Crippen molar-refractivity contribution < 1.29 is 39.3 Å². The third kappa shape index (κ3) is 11.0. The molecule has 0 aliphatic heterocycles. The van der Waals surface area contributed by atoms with Crippen LogP contribution in [0.1, 0.15) is 40.0 Å². The zero-order valence-electron chi connectivity index (χ0n) is 17.7. The molecule has 0 spiro atoms. The molecule has 5 unspecified atom stereocenters. The summed E-state index contributed by atoms with van der Waals surface area (Å²) in [5.74, 6) is -5.19. The Balaban J connectivity index is 5.30. The second-order valence-corrected chi connectivity index (χ2v) is 7.90. The lowest BCUT2D eigenvalue weighted by Gasteiger charge is -2.25. The van der Waals surface area contributed by atoms with E-state index in [-0.39, 0.29) is 24.5 Å². The van der Waals surface area contributed by atoms with Crippen molar-refractivity contribution in [3.05, 3.63) is 0 Å². The van der Waals surface area contributed by atoms with Gasteiger partial charge in [-0.2, -0.15) is 12.6 Å². The third-order valence-electron chi connectivity index (χ3n) is 4.24. The van der Waals surface area contributed by atoms with Crippen LogP contribution in [0, 0.1) is 5.92 Å². The highest BCUT2D eigenvalue weighted by molar-refractivity contribution is 7.80. The summed E-state index contributed by atoms with van der Waals surface area (Å²) in [6.07, 6.45) is -1.81. The molecule has 0 aromatic carbocycles. The van der Waals surface area contributed by atoms with E-state index in [0.29, 0.717) is 0 Å². The second-order valence-electron chi connectivity index (χ2n) is 7.53. The van der Waals surface area contributed by atoms with Crippen LogP contribution in [-0.4, -0.2) is 81.0 Å². The predicted molar refractivity (Wildman–Crippen MR) is 113 cm³/mol. The van der Waals surface area contributed by atoms with Crippen LogP contribution in [0.3, 0.4) is 0 Å². The normalized spacial score (nSPS) is 15.8. The number of aliphatic hydroxyl groups excluding tert-OH is 1. The maximum Gasteiger partial charge on any atom is 0.326 e. The molecule has 0 radical (unpaired) electrons. The van der Waals surface area contributed by atoms with Crippen molar-refractivity contribution >= 4 is 42.3 Å². The minimum Gasteiger partial charge on any atom is -0.481 e. The number of nitrogens with two attached hydrogens (primary N) is 1. The van der Waals surface area contributed by atoms with Gasteiger partial charge in [0, 0.05) is 12.2 Å². The monoisotopic (exact) mass is 464 g/mol.